The molecule has 45 heavy (non-hydrogen) atoms. The molecular formula is C33H33ClN8O3. The van der Waals surface area contributed by atoms with Crippen molar-refractivity contribution in [3.63, 3.8) is 0 Å². The van der Waals surface area contributed by atoms with Gasteiger partial charge in [-0.1, -0.05) is 29.8 Å². The summed E-state index contributed by atoms with van der Waals surface area (Å²) in [5.74, 6) is 0.720. The average molecular weight is 625 g/mol. The lowest BCUT2D eigenvalue weighted by Gasteiger charge is -2.20. The number of nitrogens with zero attached hydrogens (tertiary/aromatic N) is 3. The number of aromatic nitrogens is 3. The summed E-state index contributed by atoms with van der Waals surface area (Å²) < 4.78 is 7.86. The van der Waals surface area contributed by atoms with E-state index >= 15 is 0 Å². The third-order valence-electron chi connectivity index (χ3n) is 7.10. The summed E-state index contributed by atoms with van der Waals surface area (Å²) in [4.78, 5) is 35.1. The number of amides is 2. The highest BCUT2D eigenvalue weighted by molar-refractivity contribution is 6.30. The molecule has 7 N–H and O–H groups in total. The fraction of sp³-hybridized carbons (Fsp3) is 0.182. The van der Waals surface area contributed by atoms with Gasteiger partial charge in [-0.15, -0.1) is 0 Å². The molecule has 0 saturated carbocycles. The van der Waals surface area contributed by atoms with E-state index in [0.29, 0.717) is 76.9 Å². The van der Waals surface area contributed by atoms with Crippen molar-refractivity contribution in [1.29, 1.82) is 5.41 Å². The number of halogens is 1. The van der Waals surface area contributed by atoms with E-state index in [4.69, 9.17) is 38.2 Å². The van der Waals surface area contributed by atoms with Gasteiger partial charge in [0.25, 0.3) is 5.91 Å². The van der Waals surface area contributed by atoms with Crippen LogP contribution in [-0.2, 0) is 11.2 Å². The predicted octanol–water partition coefficient (Wildman–Crippen LogP) is 4.81. The van der Waals surface area contributed by atoms with Gasteiger partial charge >= 0.3 is 0 Å². The highest BCUT2D eigenvalue weighted by Crippen LogP contribution is 2.33. The first kappa shape index (κ1) is 31.0. The largest absolute Gasteiger partial charge is 0.457 e. The van der Waals surface area contributed by atoms with Crippen LogP contribution in [0.1, 0.15) is 34.9 Å². The molecule has 11 nitrogen and oxygen atoms in total. The molecule has 3 aromatic carbocycles. The zero-order valence-electron chi connectivity index (χ0n) is 24.4. The first-order valence-electron chi connectivity index (χ1n) is 14.4. The van der Waals surface area contributed by atoms with Crippen LogP contribution in [0.4, 0.5) is 0 Å². The van der Waals surface area contributed by atoms with E-state index in [0.717, 1.165) is 5.69 Å². The van der Waals surface area contributed by atoms with Gasteiger partial charge in [0.2, 0.25) is 5.91 Å². The molecule has 0 radical (unpaired) electrons. The third kappa shape index (κ3) is 7.95. The number of benzene rings is 3. The Kier molecular flexibility index (Phi) is 9.90. The maximum atomic E-state index is 13.1. The molecule has 2 heterocycles. The van der Waals surface area contributed by atoms with E-state index in [1.54, 1.807) is 53.2 Å². The van der Waals surface area contributed by atoms with Crippen molar-refractivity contribution in [2.45, 2.75) is 25.3 Å². The van der Waals surface area contributed by atoms with Crippen molar-refractivity contribution >= 4 is 40.4 Å². The van der Waals surface area contributed by atoms with Crippen LogP contribution in [-0.4, -0.2) is 45.4 Å². The lowest BCUT2D eigenvalue weighted by atomic mass is 10.1. The van der Waals surface area contributed by atoms with Crippen molar-refractivity contribution in [1.82, 2.24) is 25.2 Å². The summed E-state index contributed by atoms with van der Waals surface area (Å²) >= 11 is 6.02. The minimum absolute atomic E-state index is 0.150. The standard InChI is InChI=1S/C33H33ClN8O3/c34-23-10-12-25(13-11-23)45-26-7-3-5-21(19-26)31-41-27-20-22(32(44)39-18-15-24-6-1-2-16-38-24)9-14-28(27)42(31)29(30(35)43)8-4-17-40-33(36)37/h1-3,5-7,9-14,16,19-20,29H,4,8,15,17-18H2,(H2,35,43)(H,39,44)(H4,36,37,40)/t29-/m0/s1. The maximum Gasteiger partial charge on any atom is 0.251 e. The van der Waals surface area contributed by atoms with Crippen LogP contribution in [0.5, 0.6) is 11.5 Å². The molecule has 0 fully saturated rings. The second-order valence-corrected chi connectivity index (χ2v) is 10.8. The molecular weight excluding hydrogens is 592 g/mol. The topological polar surface area (TPSA) is 174 Å². The number of carbonyl (C=O) groups excluding carboxylic acids is 2. The summed E-state index contributed by atoms with van der Waals surface area (Å²) in [6.45, 7) is 0.820. The summed E-state index contributed by atoms with van der Waals surface area (Å²) in [5, 5.41) is 13.7. The first-order valence-corrected chi connectivity index (χ1v) is 14.8. The Balaban J connectivity index is 1.48. The van der Waals surface area contributed by atoms with Gasteiger partial charge in [-0.3, -0.25) is 20.0 Å². The van der Waals surface area contributed by atoms with Crippen molar-refractivity contribution < 1.29 is 14.3 Å². The number of nitrogens with two attached hydrogens (primary N) is 2. The van der Waals surface area contributed by atoms with Gasteiger partial charge in [0.15, 0.2) is 5.96 Å². The van der Waals surface area contributed by atoms with E-state index in [-0.39, 0.29) is 11.9 Å². The van der Waals surface area contributed by atoms with Crippen molar-refractivity contribution in [2.75, 3.05) is 13.1 Å². The number of guanidine groups is 1. The highest BCUT2D eigenvalue weighted by Gasteiger charge is 2.25. The van der Waals surface area contributed by atoms with Gasteiger partial charge < -0.3 is 31.4 Å². The van der Waals surface area contributed by atoms with Gasteiger partial charge in [-0.25, -0.2) is 4.98 Å². The molecule has 0 aliphatic rings. The molecule has 0 bridgehead atoms. The molecule has 1 atom stereocenters. The number of nitrogens with one attached hydrogen (secondary N) is 3. The molecule has 230 valence electrons. The summed E-state index contributed by atoms with van der Waals surface area (Å²) in [5.41, 5.74) is 14.5. The van der Waals surface area contributed by atoms with E-state index < -0.39 is 11.9 Å². The Morgan fingerprint density at radius 2 is 1.76 bits per heavy atom. The summed E-state index contributed by atoms with van der Waals surface area (Å²) in [7, 11) is 0. The Hall–Kier alpha value is -5.42. The van der Waals surface area contributed by atoms with Crippen LogP contribution >= 0.6 is 11.6 Å². The number of ether oxygens (including phenoxy) is 1. The lowest BCUT2D eigenvalue weighted by Crippen LogP contribution is -2.32. The van der Waals surface area contributed by atoms with Crippen molar-refractivity contribution in [3.8, 4) is 22.9 Å². The number of pyridine rings is 1. The Morgan fingerprint density at radius 3 is 2.49 bits per heavy atom. The Bertz CT molecular complexity index is 1810. The van der Waals surface area contributed by atoms with Crippen LogP contribution < -0.4 is 26.8 Å². The van der Waals surface area contributed by atoms with Crippen LogP contribution in [0.2, 0.25) is 5.02 Å². The molecule has 0 saturated heterocycles. The fourth-order valence-electron chi connectivity index (χ4n) is 4.97. The number of imidazole rings is 1. The summed E-state index contributed by atoms with van der Waals surface area (Å²) in [6, 6.07) is 24.4. The average Bonchev–Trinajstić information content (AvgIpc) is 3.41. The van der Waals surface area contributed by atoms with Crippen LogP contribution in [0.25, 0.3) is 22.4 Å². The quantitative estimate of drug-likeness (QED) is 0.0710. The van der Waals surface area contributed by atoms with Gasteiger partial charge in [0.05, 0.1) is 11.0 Å². The Morgan fingerprint density at radius 1 is 0.933 bits per heavy atom. The monoisotopic (exact) mass is 624 g/mol. The zero-order chi connectivity index (χ0) is 31.8. The predicted molar refractivity (Wildman–Crippen MR) is 174 cm³/mol. The Labute approximate surface area is 265 Å². The second kappa shape index (κ2) is 14.4. The molecule has 2 aromatic heterocycles. The number of carbonyl (C=O) groups is 2. The van der Waals surface area contributed by atoms with E-state index in [9.17, 15) is 9.59 Å². The molecule has 0 unspecified atom stereocenters. The lowest BCUT2D eigenvalue weighted by molar-refractivity contribution is -0.121. The number of fused-ring (bicyclic) bond motifs is 1. The molecule has 2 amide bonds. The molecule has 0 aliphatic heterocycles. The van der Waals surface area contributed by atoms with Gasteiger partial charge in [0.1, 0.15) is 23.4 Å². The molecule has 12 heteroatoms. The highest BCUT2D eigenvalue weighted by atomic mass is 35.5. The first-order chi connectivity index (χ1) is 21.8. The SMILES string of the molecule is N=C(N)NCCC[C@@H](C(N)=O)n1c(-c2cccc(Oc3ccc(Cl)cc3)c2)nc2cc(C(=O)NCCc3ccccn3)ccc21. The minimum Gasteiger partial charge on any atom is -0.457 e. The number of hydrogen-bond donors (Lipinski definition) is 5. The normalized spacial score (nSPS) is 11.6. The van der Waals surface area contributed by atoms with Gasteiger partial charge in [-0.05, 0) is 79.6 Å². The van der Waals surface area contributed by atoms with Crippen molar-refractivity contribution in [3.05, 3.63) is 107 Å². The third-order valence-corrected chi connectivity index (χ3v) is 7.35. The van der Waals surface area contributed by atoms with Crippen LogP contribution in [0, 0.1) is 5.41 Å². The smallest absolute Gasteiger partial charge is 0.251 e. The maximum absolute atomic E-state index is 13.1. The van der Waals surface area contributed by atoms with Crippen LogP contribution in [0.3, 0.4) is 0 Å². The van der Waals surface area contributed by atoms with Crippen molar-refractivity contribution in [2.24, 2.45) is 11.5 Å². The fourth-order valence-corrected chi connectivity index (χ4v) is 5.09. The zero-order valence-corrected chi connectivity index (χ0v) is 25.1. The van der Waals surface area contributed by atoms with Gasteiger partial charge in [0, 0.05) is 47.6 Å². The molecule has 0 spiro atoms. The number of rotatable bonds is 13. The summed E-state index contributed by atoms with van der Waals surface area (Å²) in [6.07, 6.45) is 3.20. The number of hydrogen-bond acceptors (Lipinski definition) is 6. The van der Waals surface area contributed by atoms with E-state index in [2.05, 4.69) is 15.6 Å². The van der Waals surface area contributed by atoms with E-state index in [1.807, 2.05) is 42.5 Å². The molecule has 5 rings (SSSR count). The minimum atomic E-state index is -0.766. The van der Waals surface area contributed by atoms with E-state index in [1.165, 1.54) is 0 Å². The van der Waals surface area contributed by atoms with Crippen LogP contribution in [0.15, 0.2) is 91.1 Å². The molecule has 0 aliphatic carbocycles. The molecule has 5 aromatic rings. The number of primary amides is 1. The second-order valence-electron chi connectivity index (χ2n) is 10.3. The van der Waals surface area contributed by atoms with Gasteiger partial charge in [-0.2, -0.15) is 0 Å².